The number of aromatic nitrogens is 2. The van der Waals surface area contributed by atoms with Crippen LogP contribution in [0.5, 0.6) is 0 Å². The molecule has 2 aromatic heterocycles. The molecule has 4 nitrogen and oxygen atoms in total. The Bertz CT molecular complexity index is 675. The van der Waals surface area contributed by atoms with Gasteiger partial charge in [0.15, 0.2) is 5.22 Å². The molecule has 1 atom stereocenters. The zero-order chi connectivity index (χ0) is 13.2. The normalized spacial score (nSPS) is 12.5. The van der Waals surface area contributed by atoms with Gasteiger partial charge in [-0.3, -0.25) is 0 Å². The smallest absolute Gasteiger partial charge is 0.193 e. The maximum absolute atomic E-state index is 6.20. The van der Waals surface area contributed by atoms with E-state index >= 15 is 0 Å². The van der Waals surface area contributed by atoms with E-state index in [-0.39, 0.29) is 0 Å². The van der Waals surface area contributed by atoms with Crippen LogP contribution in [0.1, 0.15) is 17.5 Å². The highest BCUT2D eigenvalue weighted by molar-refractivity contribution is 6.28. The van der Waals surface area contributed by atoms with E-state index in [0.717, 1.165) is 11.4 Å². The van der Waals surface area contributed by atoms with E-state index in [1.54, 1.807) is 23.0 Å². The number of hydrogen-bond acceptors (Lipinski definition) is 3. The molecular formula is C14H12ClN3O. The Balaban J connectivity index is 2.01. The second-order valence-electron chi connectivity index (χ2n) is 4.12. The molecule has 0 saturated heterocycles. The average Bonchev–Trinajstić information content (AvgIpc) is 3.07. The zero-order valence-corrected chi connectivity index (χ0v) is 10.8. The summed E-state index contributed by atoms with van der Waals surface area (Å²) >= 11 is 5.78. The molecule has 0 amide bonds. The fourth-order valence-electron chi connectivity index (χ4n) is 1.98. The minimum absolute atomic E-state index is 0.330. The first-order valence-corrected chi connectivity index (χ1v) is 6.23. The SMILES string of the molecule is NC(c1ccc(Cl)o1)c1ccnn1-c1ccccc1. The Labute approximate surface area is 115 Å². The summed E-state index contributed by atoms with van der Waals surface area (Å²) in [5, 5.41) is 4.63. The molecule has 5 heteroatoms. The quantitative estimate of drug-likeness (QED) is 0.797. The molecule has 2 N–H and O–H groups in total. The van der Waals surface area contributed by atoms with Gasteiger partial charge in [-0.25, -0.2) is 4.68 Å². The van der Waals surface area contributed by atoms with Gasteiger partial charge >= 0.3 is 0 Å². The van der Waals surface area contributed by atoms with E-state index < -0.39 is 6.04 Å². The van der Waals surface area contributed by atoms with Crippen molar-refractivity contribution < 1.29 is 4.42 Å². The topological polar surface area (TPSA) is 57.0 Å². The Morgan fingerprint density at radius 2 is 1.89 bits per heavy atom. The third kappa shape index (κ3) is 2.28. The van der Waals surface area contributed by atoms with E-state index in [2.05, 4.69) is 5.10 Å². The van der Waals surface area contributed by atoms with E-state index in [9.17, 15) is 0 Å². The molecule has 0 bridgehead atoms. The first kappa shape index (κ1) is 12.0. The fourth-order valence-corrected chi connectivity index (χ4v) is 2.13. The zero-order valence-electron chi connectivity index (χ0n) is 10.0. The lowest BCUT2D eigenvalue weighted by Crippen LogP contribution is -2.16. The predicted molar refractivity (Wildman–Crippen MR) is 73.3 cm³/mol. The van der Waals surface area contributed by atoms with Crippen molar-refractivity contribution in [2.24, 2.45) is 5.73 Å². The van der Waals surface area contributed by atoms with E-state index in [1.165, 1.54) is 0 Å². The number of para-hydroxylation sites is 1. The first-order chi connectivity index (χ1) is 9.25. The summed E-state index contributed by atoms with van der Waals surface area (Å²) in [4.78, 5) is 0. The summed E-state index contributed by atoms with van der Waals surface area (Å²) in [5.74, 6) is 0.614. The Kier molecular flexibility index (Phi) is 3.11. The van der Waals surface area contributed by atoms with Crippen molar-refractivity contribution in [3.8, 4) is 5.69 Å². The minimum atomic E-state index is -0.407. The molecule has 1 unspecified atom stereocenters. The number of hydrogen-bond donors (Lipinski definition) is 1. The summed E-state index contributed by atoms with van der Waals surface area (Å²) in [6.07, 6.45) is 1.72. The lowest BCUT2D eigenvalue weighted by molar-refractivity contribution is 0.484. The molecule has 0 spiro atoms. The molecule has 0 aliphatic carbocycles. The molecule has 0 aliphatic rings. The van der Waals surface area contributed by atoms with Crippen molar-refractivity contribution in [2.45, 2.75) is 6.04 Å². The van der Waals surface area contributed by atoms with Crippen LogP contribution in [-0.4, -0.2) is 9.78 Å². The summed E-state index contributed by atoms with van der Waals surface area (Å²) in [6, 6.07) is 14.7. The second kappa shape index (κ2) is 4.91. The molecular weight excluding hydrogens is 262 g/mol. The van der Waals surface area contributed by atoms with Gasteiger partial charge in [0.05, 0.1) is 11.4 Å². The van der Waals surface area contributed by atoms with Gasteiger partial charge in [0.1, 0.15) is 11.8 Å². The van der Waals surface area contributed by atoms with Crippen LogP contribution in [0.15, 0.2) is 59.1 Å². The lowest BCUT2D eigenvalue weighted by atomic mass is 10.1. The van der Waals surface area contributed by atoms with Crippen LogP contribution in [0, 0.1) is 0 Å². The third-order valence-corrected chi connectivity index (χ3v) is 3.10. The van der Waals surface area contributed by atoms with E-state index in [0.29, 0.717) is 11.0 Å². The van der Waals surface area contributed by atoms with Gasteiger partial charge in [-0.15, -0.1) is 0 Å². The van der Waals surface area contributed by atoms with E-state index in [4.69, 9.17) is 21.8 Å². The molecule has 3 rings (SSSR count). The number of nitrogens with zero attached hydrogens (tertiary/aromatic N) is 2. The largest absolute Gasteiger partial charge is 0.448 e. The van der Waals surface area contributed by atoms with Crippen LogP contribution in [0.25, 0.3) is 5.69 Å². The lowest BCUT2D eigenvalue weighted by Gasteiger charge is -2.12. The van der Waals surface area contributed by atoms with Crippen LogP contribution in [0.2, 0.25) is 5.22 Å². The van der Waals surface area contributed by atoms with Gasteiger partial charge in [0, 0.05) is 6.20 Å². The van der Waals surface area contributed by atoms with E-state index in [1.807, 2.05) is 36.4 Å². The number of rotatable bonds is 3. The van der Waals surface area contributed by atoms with Crippen LogP contribution < -0.4 is 5.73 Å². The Hall–Kier alpha value is -2.04. The molecule has 0 radical (unpaired) electrons. The number of furan rings is 1. The number of nitrogens with two attached hydrogens (primary N) is 1. The van der Waals surface area contributed by atoms with Crippen LogP contribution in [0.3, 0.4) is 0 Å². The van der Waals surface area contributed by atoms with Crippen molar-refractivity contribution in [3.05, 3.63) is 71.4 Å². The highest BCUT2D eigenvalue weighted by Gasteiger charge is 2.18. The monoisotopic (exact) mass is 273 g/mol. The maximum atomic E-state index is 6.20. The van der Waals surface area contributed by atoms with Gasteiger partial charge in [-0.05, 0) is 41.9 Å². The van der Waals surface area contributed by atoms with Crippen LogP contribution in [-0.2, 0) is 0 Å². The predicted octanol–water partition coefficient (Wildman–Crippen LogP) is 3.17. The molecule has 0 fully saturated rings. The molecule has 19 heavy (non-hydrogen) atoms. The van der Waals surface area contributed by atoms with Crippen molar-refractivity contribution in [1.29, 1.82) is 0 Å². The average molecular weight is 274 g/mol. The number of halogens is 1. The van der Waals surface area contributed by atoms with Gasteiger partial charge in [0.25, 0.3) is 0 Å². The molecule has 0 saturated carbocycles. The second-order valence-corrected chi connectivity index (χ2v) is 4.50. The molecule has 2 heterocycles. The summed E-state index contributed by atoms with van der Waals surface area (Å²) in [6.45, 7) is 0. The molecule has 1 aromatic carbocycles. The minimum Gasteiger partial charge on any atom is -0.448 e. The number of benzene rings is 1. The summed E-state index contributed by atoms with van der Waals surface area (Å²) in [5.41, 5.74) is 8.00. The Morgan fingerprint density at radius 3 is 2.58 bits per heavy atom. The van der Waals surface area contributed by atoms with Crippen molar-refractivity contribution in [3.63, 3.8) is 0 Å². The Morgan fingerprint density at radius 1 is 1.11 bits per heavy atom. The molecule has 96 valence electrons. The first-order valence-electron chi connectivity index (χ1n) is 5.86. The fraction of sp³-hybridized carbons (Fsp3) is 0.0714. The molecule has 3 aromatic rings. The van der Waals surface area contributed by atoms with Gasteiger partial charge in [-0.2, -0.15) is 5.10 Å². The van der Waals surface area contributed by atoms with Crippen LogP contribution in [0.4, 0.5) is 0 Å². The highest BCUT2D eigenvalue weighted by atomic mass is 35.5. The van der Waals surface area contributed by atoms with Gasteiger partial charge < -0.3 is 10.2 Å². The summed E-state index contributed by atoms with van der Waals surface area (Å²) in [7, 11) is 0. The molecule has 0 aliphatic heterocycles. The van der Waals surface area contributed by atoms with Crippen LogP contribution >= 0.6 is 11.6 Å². The van der Waals surface area contributed by atoms with Crippen molar-refractivity contribution >= 4 is 11.6 Å². The standard InChI is InChI=1S/C14H12ClN3O/c15-13-7-6-12(19-13)14(16)11-8-9-17-18(11)10-4-2-1-3-5-10/h1-9,14H,16H2. The van der Waals surface area contributed by atoms with Gasteiger partial charge in [0.2, 0.25) is 0 Å². The third-order valence-electron chi connectivity index (χ3n) is 2.89. The van der Waals surface area contributed by atoms with Crippen molar-refractivity contribution in [1.82, 2.24) is 9.78 Å². The maximum Gasteiger partial charge on any atom is 0.193 e. The highest BCUT2D eigenvalue weighted by Crippen LogP contribution is 2.25. The van der Waals surface area contributed by atoms with Gasteiger partial charge in [-0.1, -0.05) is 18.2 Å². The summed E-state index contributed by atoms with van der Waals surface area (Å²) < 4.78 is 7.15. The van der Waals surface area contributed by atoms with Crippen molar-refractivity contribution in [2.75, 3.05) is 0 Å².